The summed E-state index contributed by atoms with van der Waals surface area (Å²) in [6.07, 6.45) is 7.45. The van der Waals surface area contributed by atoms with E-state index in [1.165, 1.54) is 0 Å². The van der Waals surface area contributed by atoms with Gasteiger partial charge < -0.3 is 10.1 Å². The third kappa shape index (κ3) is 3.86. The van der Waals surface area contributed by atoms with Crippen LogP contribution in [0.3, 0.4) is 0 Å². The summed E-state index contributed by atoms with van der Waals surface area (Å²) in [6.45, 7) is -0.236. The van der Waals surface area contributed by atoms with Crippen molar-refractivity contribution in [3.63, 3.8) is 0 Å². The van der Waals surface area contributed by atoms with Crippen LogP contribution >= 0.6 is 0 Å². The number of allylic oxidation sites excluding steroid dienone is 2. The number of hydrogen-bond donors (Lipinski definition) is 1. The molecule has 1 atom stereocenters. The zero-order chi connectivity index (χ0) is 16.2. The number of aryl methyl sites for hydroxylation is 1. The second-order valence-corrected chi connectivity index (χ2v) is 5.97. The summed E-state index contributed by atoms with van der Waals surface area (Å²) in [7, 11) is 0. The summed E-state index contributed by atoms with van der Waals surface area (Å²) in [5, 5.41) is 2.77. The zero-order valence-corrected chi connectivity index (χ0v) is 12.8. The lowest BCUT2D eigenvalue weighted by Crippen LogP contribution is -2.20. The number of amides is 1. The second kappa shape index (κ2) is 6.77. The number of carbonyl (C=O) groups excluding carboxylic acids is 3. The smallest absolute Gasteiger partial charge is 0.306 e. The van der Waals surface area contributed by atoms with E-state index in [1.54, 1.807) is 18.2 Å². The van der Waals surface area contributed by atoms with Crippen LogP contribution in [0.5, 0.6) is 0 Å². The monoisotopic (exact) mass is 313 g/mol. The molecule has 2 aliphatic rings. The molecule has 1 aliphatic heterocycles. The van der Waals surface area contributed by atoms with Crippen LogP contribution in [-0.4, -0.2) is 24.3 Å². The average Bonchev–Trinajstić information content (AvgIpc) is 3.05. The second-order valence-electron chi connectivity index (χ2n) is 5.97. The third-order valence-electron chi connectivity index (χ3n) is 4.23. The van der Waals surface area contributed by atoms with Crippen molar-refractivity contribution in [2.75, 3.05) is 11.9 Å². The Labute approximate surface area is 134 Å². The van der Waals surface area contributed by atoms with Crippen LogP contribution in [-0.2, 0) is 20.7 Å². The van der Waals surface area contributed by atoms with Gasteiger partial charge in [-0.3, -0.25) is 14.4 Å². The molecule has 0 saturated carbocycles. The Kier molecular flexibility index (Phi) is 4.55. The van der Waals surface area contributed by atoms with E-state index >= 15 is 0 Å². The van der Waals surface area contributed by atoms with Crippen LogP contribution in [0.25, 0.3) is 0 Å². The van der Waals surface area contributed by atoms with Crippen LogP contribution in [0.15, 0.2) is 30.4 Å². The molecule has 0 unspecified atom stereocenters. The number of anilines is 1. The Morgan fingerprint density at radius 2 is 2.13 bits per heavy atom. The number of nitrogens with one attached hydrogen (secondary N) is 1. The van der Waals surface area contributed by atoms with E-state index in [0.29, 0.717) is 24.8 Å². The Hall–Kier alpha value is -2.43. The number of esters is 1. The first kappa shape index (κ1) is 15.5. The molecule has 1 aromatic carbocycles. The standard InChI is InChI=1S/C18H19NO4/c20-16(11-23-18(22)9-12-3-1-2-4-12)14-5-7-15-13(10-14)6-8-17(21)19-15/h1,3,5,7,10,12H,2,4,6,8-9,11H2,(H,19,21)/t12-/m1/s1. The minimum absolute atomic E-state index is 0.00790. The topological polar surface area (TPSA) is 72.5 Å². The molecule has 23 heavy (non-hydrogen) atoms. The average molecular weight is 313 g/mol. The molecule has 0 fully saturated rings. The number of Topliss-reactive ketones (excluding diaryl/α,β-unsaturated/α-hetero) is 1. The molecule has 0 spiro atoms. The quantitative estimate of drug-likeness (QED) is 0.515. The van der Waals surface area contributed by atoms with Gasteiger partial charge in [0.1, 0.15) is 0 Å². The van der Waals surface area contributed by atoms with Gasteiger partial charge in [-0.05, 0) is 48.9 Å². The van der Waals surface area contributed by atoms with Crippen molar-refractivity contribution in [2.45, 2.75) is 32.1 Å². The number of benzene rings is 1. The van der Waals surface area contributed by atoms with Gasteiger partial charge in [-0.25, -0.2) is 0 Å². The summed E-state index contributed by atoms with van der Waals surface area (Å²) in [5.74, 6) is -0.323. The van der Waals surface area contributed by atoms with Crippen molar-refractivity contribution < 1.29 is 19.1 Å². The highest BCUT2D eigenvalue weighted by atomic mass is 16.5. The molecule has 0 radical (unpaired) electrons. The summed E-state index contributed by atoms with van der Waals surface area (Å²) >= 11 is 0. The van der Waals surface area contributed by atoms with E-state index in [1.807, 2.05) is 6.08 Å². The van der Waals surface area contributed by atoms with Crippen molar-refractivity contribution in [3.8, 4) is 0 Å². The fraction of sp³-hybridized carbons (Fsp3) is 0.389. The van der Waals surface area contributed by atoms with Gasteiger partial charge in [-0.15, -0.1) is 0 Å². The van der Waals surface area contributed by atoms with E-state index in [4.69, 9.17) is 4.74 Å². The molecule has 5 nitrogen and oxygen atoms in total. The normalized spacial score (nSPS) is 19.1. The Morgan fingerprint density at radius 1 is 1.26 bits per heavy atom. The molecule has 0 aromatic heterocycles. The maximum absolute atomic E-state index is 12.2. The molecule has 0 bridgehead atoms. The molecule has 1 heterocycles. The van der Waals surface area contributed by atoms with Crippen LogP contribution in [0.2, 0.25) is 0 Å². The largest absolute Gasteiger partial charge is 0.457 e. The van der Waals surface area contributed by atoms with Gasteiger partial charge in [0.25, 0.3) is 0 Å². The molecule has 120 valence electrons. The Bertz CT molecular complexity index is 678. The highest BCUT2D eigenvalue weighted by Crippen LogP contribution is 2.24. The first-order chi connectivity index (χ1) is 11.1. The van der Waals surface area contributed by atoms with E-state index in [-0.39, 0.29) is 30.2 Å². The molecular formula is C18H19NO4. The van der Waals surface area contributed by atoms with Crippen LogP contribution in [0.4, 0.5) is 5.69 Å². The number of fused-ring (bicyclic) bond motifs is 1. The predicted molar refractivity (Wildman–Crippen MR) is 85.2 cm³/mol. The molecule has 1 N–H and O–H groups in total. The lowest BCUT2D eigenvalue weighted by Gasteiger charge is -2.17. The lowest BCUT2D eigenvalue weighted by atomic mass is 9.99. The summed E-state index contributed by atoms with van der Waals surface area (Å²) < 4.78 is 5.09. The minimum Gasteiger partial charge on any atom is -0.457 e. The SMILES string of the molecule is O=C1CCc2cc(C(=O)COC(=O)C[C@@H]3C=CCC3)ccc2N1. The van der Waals surface area contributed by atoms with Crippen LogP contribution < -0.4 is 5.32 Å². The summed E-state index contributed by atoms with van der Waals surface area (Å²) in [4.78, 5) is 35.2. The van der Waals surface area contributed by atoms with Gasteiger partial charge in [-0.1, -0.05) is 12.2 Å². The number of ketones is 1. The number of rotatable bonds is 5. The van der Waals surface area contributed by atoms with Gasteiger partial charge in [-0.2, -0.15) is 0 Å². The highest BCUT2D eigenvalue weighted by Gasteiger charge is 2.19. The maximum Gasteiger partial charge on any atom is 0.306 e. The molecule has 1 amide bonds. The van der Waals surface area contributed by atoms with Gasteiger partial charge in [0.2, 0.25) is 5.91 Å². The molecule has 3 rings (SSSR count). The Morgan fingerprint density at radius 3 is 2.91 bits per heavy atom. The first-order valence-electron chi connectivity index (χ1n) is 7.90. The lowest BCUT2D eigenvalue weighted by molar-refractivity contribution is -0.143. The van der Waals surface area contributed by atoms with Crippen molar-refractivity contribution in [2.24, 2.45) is 5.92 Å². The number of carbonyl (C=O) groups is 3. The molecule has 1 aromatic rings. The fourth-order valence-electron chi connectivity index (χ4n) is 2.92. The van der Waals surface area contributed by atoms with E-state index < -0.39 is 0 Å². The fourth-order valence-corrected chi connectivity index (χ4v) is 2.92. The number of ether oxygens (including phenoxy) is 1. The van der Waals surface area contributed by atoms with Crippen molar-refractivity contribution in [1.82, 2.24) is 0 Å². The van der Waals surface area contributed by atoms with E-state index in [9.17, 15) is 14.4 Å². The maximum atomic E-state index is 12.2. The molecule has 0 saturated heterocycles. The van der Waals surface area contributed by atoms with Crippen molar-refractivity contribution >= 4 is 23.3 Å². The van der Waals surface area contributed by atoms with E-state index in [0.717, 1.165) is 24.1 Å². The predicted octanol–water partition coefficient (Wildman–Crippen LogP) is 2.65. The van der Waals surface area contributed by atoms with Crippen LogP contribution in [0, 0.1) is 5.92 Å². The summed E-state index contributed by atoms with van der Waals surface area (Å²) in [6, 6.07) is 5.15. The van der Waals surface area contributed by atoms with E-state index in [2.05, 4.69) is 11.4 Å². The van der Waals surface area contributed by atoms with Gasteiger partial charge in [0.05, 0.1) is 6.42 Å². The van der Waals surface area contributed by atoms with Gasteiger partial charge >= 0.3 is 5.97 Å². The highest BCUT2D eigenvalue weighted by molar-refractivity contribution is 6.00. The zero-order valence-electron chi connectivity index (χ0n) is 12.8. The summed E-state index contributed by atoms with van der Waals surface area (Å²) in [5.41, 5.74) is 2.20. The third-order valence-corrected chi connectivity index (χ3v) is 4.23. The number of hydrogen-bond acceptors (Lipinski definition) is 4. The van der Waals surface area contributed by atoms with Crippen molar-refractivity contribution in [1.29, 1.82) is 0 Å². The van der Waals surface area contributed by atoms with Crippen molar-refractivity contribution in [3.05, 3.63) is 41.5 Å². The molecule has 5 heteroatoms. The molecule has 1 aliphatic carbocycles. The first-order valence-corrected chi connectivity index (χ1v) is 7.90. The van der Waals surface area contributed by atoms with Gasteiger partial charge in [0.15, 0.2) is 12.4 Å². The molecular weight excluding hydrogens is 294 g/mol. The van der Waals surface area contributed by atoms with Crippen LogP contribution in [0.1, 0.15) is 41.6 Å². The minimum atomic E-state index is -0.333. The van der Waals surface area contributed by atoms with Gasteiger partial charge in [0, 0.05) is 17.7 Å². The Balaban J connectivity index is 1.55.